The van der Waals surface area contributed by atoms with Crippen molar-refractivity contribution in [2.24, 2.45) is 0 Å². The van der Waals surface area contributed by atoms with E-state index in [0.717, 1.165) is 0 Å². The van der Waals surface area contributed by atoms with Gasteiger partial charge in [-0.05, 0) is 29.6 Å². The molecule has 146 valence electrons. The largest absolute Gasteiger partial charge is 1.00 e. The summed E-state index contributed by atoms with van der Waals surface area (Å²) in [5.41, 5.74) is 0.989. The molecule has 0 saturated carbocycles. The topological polar surface area (TPSA) is 100 Å². The number of hydrogen-bond donors (Lipinski definition) is 0. The molecule has 0 bridgehead atoms. The van der Waals surface area contributed by atoms with E-state index in [1.54, 1.807) is 17.0 Å². The molecule has 1 aromatic rings. The quantitative estimate of drug-likeness (QED) is 0.298. The molecule has 0 N–H and O–H groups in total. The van der Waals surface area contributed by atoms with Crippen LogP contribution in [0.2, 0.25) is 18.1 Å². The second-order valence-corrected chi connectivity index (χ2v) is 13.8. The second-order valence-electron chi connectivity index (χ2n) is 8.07. The van der Waals surface area contributed by atoms with Crippen molar-refractivity contribution in [3.63, 3.8) is 0 Å². The molecule has 11 heteroatoms. The first kappa shape index (κ1) is 23.4. The van der Waals surface area contributed by atoms with Crippen LogP contribution in [0.25, 0.3) is 6.08 Å². The summed E-state index contributed by atoms with van der Waals surface area (Å²) in [6.45, 7) is 12.1. The molecule has 2 aliphatic heterocycles. The number of aromatic nitrogens is 3. The number of hydrogen-bond acceptors (Lipinski definition) is 7. The molecule has 2 aliphatic rings. The fourth-order valence-electron chi connectivity index (χ4n) is 2.52. The minimum Gasteiger partial charge on any atom is -0.543 e. The molecule has 8 nitrogen and oxygen atoms in total. The number of nitrogens with zero attached hydrogens (tertiary/aromatic N) is 4. The number of carbonyl (C=O) groups excluding carboxylic acids is 2. The van der Waals surface area contributed by atoms with Crippen molar-refractivity contribution in [1.29, 1.82) is 0 Å². The van der Waals surface area contributed by atoms with Gasteiger partial charge in [-0.1, -0.05) is 26.0 Å². The van der Waals surface area contributed by atoms with Crippen molar-refractivity contribution in [2.75, 3.05) is 6.61 Å². The number of carboxylic acid groups (broad SMARTS) is 1. The fraction of sp³-hybridized carbons (Fsp3) is 0.529. The third-order valence-electron chi connectivity index (χ3n) is 5.19. The number of carbonyl (C=O) groups is 2. The molecule has 3 heterocycles. The first-order chi connectivity index (χ1) is 12.5. The monoisotopic (exact) mass is 430 g/mol. The number of fused-ring (bicyclic) bond motifs is 1. The van der Waals surface area contributed by atoms with Gasteiger partial charge in [0, 0.05) is 0 Å². The van der Waals surface area contributed by atoms with E-state index in [1.807, 2.05) is 0 Å². The first-order valence-electron chi connectivity index (χ1n) is 8.67. The second kappa shape index (κ2) is 8.45. The molecule has 0 unspecified atom stereocenters. The predicted octanol–water partition coefficient (Wildman–Crippen LogP) is -1.81. The van der Waals surface area contributed by atoms with E-state index in [9.17, 15) is 14.7 Å². The Kier molecular flexibility index (Phi) is 7.05. The van der Waals surface area contributed by atoms with Crippen molar-refractivity contribution < 1.29 is 48.7 Å². The van der Waals surface area contributed by atoms with E-state index in [-0.39, 0.29) is 51.6 Å². The summed E-state index contributed by atoms with van der Waals surface area (Å²) in [6.07, 6.45) is 3.41. The summed E-state index contributed by atoms with van der Waals surface area (Å²) in [4.78, 5) is 24.4. The van der Waals surface area contributed by atoms with Crippen molar-refractivity contribution in [3.8, 4) is 0 Å². The number of carboxylic acids is 1. The van der Waals surface area contributed by atoms with Gasteiger partial charge in [-0.3, -0.25) is 9.69 Å². The zero-order chi connectivity index (χ0) is 20.0. The predicted molar refractivity (Wildman–Crippen MR) is 102 cm³/mol. The van der Waals surface area contributed by atoms with Crippen LogP contribution >= 0.6 is 11.8 Å². The van der Waals surface area contributed by atoms with E-state index >= 15 is 0 Å². The van der Waals surface area contributed by atoms with Crippen molar-refractivity contribution in [1.82, 2.24) is 19.9 Å². The third-order valence-corrected chi connectivity index (χ3v) is 10.8. The normalized spacial score (nSPS) is 20.5. The van der Waals surface area contributed by atoms with Crippen molar-refractivity contribution in [3.05, 3.63) is 28.6 Å². The number of β-lactam (4-membered cyclic amide) rings is 1. The Morgan fingerprint density at radius 1 is 1.43 bits per heavy atom. The molecule has 1 amide bonds. The van der Waals surface area contributed by atoms with Crippen LogP contribution in [0.15, 0.2) is 22.9 Å². The summed E-state index contributed by atoms with van der Waals surface area (Å²) < 4.78 is 7.82. The van der Waals surface area contributed by atoms with Crippen LogP contribution in [-0.2, 0) is 20.6 Å². The minimum absolute atomic E-state index is 0. The summed E-state index contributed by atoms with van der Waals surface area (Å²) in [6, 6.07) is 0. The zero-order valence-corrected chi connectivity index (χ0v) is 20.9. The van der Waals surface area contributed by atoms with E-state index < -0.39 is 14.3 Å². The van der Waals surface area contributed by atoms with Crippen molar-refractivity contribution >= 4 is 38.0 Å². The van der Waals surface area contributed by atoms with Crippen LogP contribution in [0.5, 0.6) is 0 Å². The molecule has 1 fully saturated rings. The van der Waals surface area contributed by atoms with Crippen LogP contribution < -0.4 is 34.7 Å². The van der Waals surface area contributed by atoms with Crippen LogP contribution in [0.1, 0.15) is 26.5 Å². The Balaban J connectivity index is 0.00000280. The summed E-state index contributed by atoms with van der Waals surface area (Å²) in [5.74, 6) is -1.68. The number of thioether (sulfide) groups is 1. The molecule has 1 saturated heterocycles. The van der Waals surface area contributed by atoms with Gasteiger partial charge in [0.25, 0.3) is 5.91 Å². The van der Waals surface area contributed by atoms with Gasteiger partial charge in [0.1, 0.15) is 11.1 Å². The summed E-state index contributed by atoms with van der Waals surface area (Å²) in [5, 5.41) is 20.4. The molecule has 0 aromatic carbocycles. The molecular weight excluding hydrogens is 407 g/mol. The molecule has 1 atom stereocenters. The number of amides is 1. The van der Waals surface area contributed by atoms with E-state index in [0.29, 0.717) is 24.4 Å². The minimum atomic E-state index is -1.80. The number of rotatable bonds is 6. The summed E-state index contributed by atoms with van der Waals surface area (Å²) in [7, 11) is -1.80. The Morgan fingerprint density at radius 3 is 2.71 bits per heavy atom. The molecule has 3 rings (SSSR count). The standard InChI is InChI=1S/C17H24N4O4SSi.Na/c1-17(2,3)27(4,5)25-7-6-20-9-11(18-19-20)8-12-14(22)21-13(16(23)24)10-26-15(12)21;/h8-10,15H,6-7H2,1-5H3,(H,23,24);/q;+1/p-1/b12-8+;/t15-;/m1./s1. The molecular formula is C17H23N4NaO4SSi. The van der Waals surface area contributed by atoms with Crippen LogP contribution in [0.3, 0.4) is 0 Å². The SMILES string of the molecule is CC(C)(C)[Si](C)(C)OCCn1cc(/C=C2\C(=O)N3C(C(=O)[O-])=CS[C@H]23)nn1.[Na+]. The Hall–Kier alpha value is -0.913. The third kappa shape index (κ3) is 4.47. The Labute approximate surface area is 191 Å². The Morgan fingerprint density at radius 2 is 2.11 bits per heavy atom. The van der Waals surface area contributed by atoms with Gasteiger partial charge in [-0.25, -0.2) is 4.68 Å². The van der Waals surface area contributed by atoms with E-state index in [4.69, 9.17) is 4.43 Å². The average Bonchev–Trinajstić information content (AvgIpc) is 3.15. The van der Waals surface area contributed by atoms with E-state index in [2.05, 4.69) is 44.2 Å². The molecule has 0 aliphatic carbocycles. The van der Waals surface area contributed by atoms with Gasteiger partial charge >= 0.3 is 29.6 Å². The Bertz CT molecular complexity index is 846. The maximum Gasteiger partial charge on any atom is 1.00 e. The van der Waals surface area contributed by atoms with Crippen molar-refractivity contribution in [2.45, 2.75) is 50.8 Å². The smallest absolute Gasteiger partial charge is 0.543 e. The number of aliphatic carboxylic acids is 1. The van der Waals surface area contributed by atoms with Gasteiger partial charge < -0.3 is 14.3 Å². The van der Waals surface area contributed by atoms with Gasteiger partial charge in [-0.15, -0.1) is 16.9 Å². The molecule has 0 radical (unpaired) electrons. The van der Waals surface area contributed by atoms with E-state index in [1.165, 1.54) is 22.1 Å². The molecule has 1 aromatic heterocycles. The maximum absolute atomic E-state index is 12.2. The molecule has 28 heavy (non-hydrogen) atoms. The van der Waals surface area contributed by atoms with Gasteiger partial charge in [0.2, 0.25) is 0 Å². The maximum atomic E-state index is 12.2. The molecule has 0 spiro atoms. The van der Waals surface area contributed by atoms with Gasteiger partial charge in [0.15, 0.2) is 8.32 Å². The van der Waals surface area contributed by atoms with Crippen LogP contribution in [0, 0.1) is 0 Å². The van der Waals surface area contributed by atoms with Gasteiger partial charge in [0.05, 0.1) is 36.6 Å². The van der Waals surface area contributed by atoms with Crippen LogP contribution in [-0.4, -0.2) is 52.1 Å². The van der Waals surface area contributed by atoms with Gasteiger partial charge in [-0.2, -0.15) is 0 Å². The first-order valence-corrected chi connectivity index (χ1v) is 12.5. The summed E-state index contributed by atoms with van der Waals surface area (Å²) >= 11 is 1.27. The average molecular weight is 431 g/mol. The zero-order valence-electron chi connectivity index (χ0n) is 17.1. The van der Waals surface area contributed by atoms with Crippen LogP contribution in [0.4, 0.5) is 0 Å². The fourth-order valence-corrected chi connectivity index (χ4v) is 4.67.